The van der Waals surface area contributed by atoms with Crippen molar-refractivity contribution in [3.05, 3.63) is 22.8 Å². The third kappa shape index (κ3) is 8.40. The Morgan fingerprint density at radius 3 is 2.21 bits per heavy atom. The van der Waals surface area contributed by atoms with Gasteiger partial charge in [-0.15, -0.1) is 0 Å². The van der Waals surface area contributed by atoms with Crippen LogP contribution in [-0.4, -0.2) is 16.9 Å². The number of benzene rings is 1. The molecule has 0 aromatic heterocycles. The first kappa shape index (κ1) is 27.9. The highest BCUT2D eigenvalue weighted by Crippen LogP contribution is 2.43. The lowest BCUT2D eigenvalue weighted by atomic mass is 9.84. The predicted octanol–water partition coefficient (Wildman–Crippen LogP) is 9.07. The Morgan fingerprint density at radius 1 is 1.00 bits per heavy atom. The highest BCUT2D eigenvalue weighted by molar-refractivity contribution is 5.53. The van der Waals surface area contributed by atoms with E-state index in [4.69, 9.17) is 4.74 Å². The second-order valence-corrected chi connectivity index (χ2v) is 11.2. The lowest BCUT2D eigenvalue weighted by Crippen LogP contribution is -2.37. The number of fused-ring (bicyclic) bond motifs is 1. The predicted molar refractivity (Wildman–Crippen MR) is 130 cm³/mol. The van der Waals surface area contributed by atoms with Crippen LogP contribution < -0.4 is 4.74 Å². The molecule has 0 bridgehead atoms. The summed E-state index contributed by atoms with van der Waals surface area (Å²) in [6.45, 7) is 12.4. The SMILES string of the molecule is Cc1cc(O)c(C)c2c1OC(C)(CCCC(CCCC(C)CCCC(C)C)C(F)(F)F)CC2. The smallest absolute Gasteiger partial charge is 0.391 e. The minimum atomic E-state index is -4.13. The zero-order valence-electron chi connectivity index (χ0n) is 21.6. The quantitative estimate of drug-likeness (QED) is 0.330. The molecule has 2 nitrogen and oxygen atoms in total. The van der Waals surface area contributed by atoms with Crippen molar-refractivity contribution in [1.82, 2.24) is 0 Å². The first-order valence-electron chi connectivity index (χ1n) is 12.9. The fourth-order valence-corrected chi connectivity index (χ4v) is 5.17. The lowest BCUT2D eigenvalue weighted by molar-refractivity contribution is -0.179. The average molecular weight is 471 g/mol. The van der Waals surface area contributed by atoms with Gasteiger partial charge in [-0.2, -0.15) is 13.2 Å². The highest BCUT2D eigenvalue weighted by atomic mass is 19.4. The van der Waals surface area contributed by atoms with Crippen molar-refractivity contribution in [2.45, 2.75) is 124 Å². The highest BCUT2D eigenvalue weighted by Gasteiger charge is 2.40. The number of aryl methyl sites for hydroxylation is 1. The minimum absolute atomic E-state index is 0.171. The second kappa shape index (κ2) is 11.8. The van der Waals surface area contributed by atoms with Crippen molar-refractivity contribution in [3.63, 3.8) is 0 Å². The largest absolute Gasteiger partial charge is 0.508 e. The summed E-state index contributed by atoms with van der Waals surface area (Å²) in [4.78, 5) is 0. The minimum Gasteiger partial charge on any atom is -0.508 e. The average Bonchev–Trinajstić information content (AvgIpc) is 2.70. The van der Waals surface area contributed by atoms with E-state index in [-0.39, 0.29) is 18.6 Å². The molecule has 33 heavy (non-hydrogen) atoms. The molecule has 190 valence electrons. The Hall–Kier alpha value is -1.39. The van der Waals surface area contributed by atoms with E-state index in [1.54, 1.807) is 6.07 Å². The van der Waals surface area contributed by atoms with Crippen molar-refractivity contribution in [2.24, 2.45) is 17.8 Å². The molecule has 3 atom stereocenters. The molecule has 0 fully saturated rings. The molecule has 0 saturated carbocycles. The molecule has 3 unspecified atom stereocenters. The first-order valence-corrected chi connectivity index (χ1v) is 12.9. The van der Waals surface area contributed by atoms with Crippen LogP contribution in [0.4, 0.5) is 13.2 Å². The van der Waals surface area contributed by atoms with E-state index in [1.807, 2.05) is 20.8 Å². The van der Waals surface area contributed by atoms with Gasteiger partial charge in [0.2, 0.25) is 0 Å². The first-order chi connectivity index (χ1) is 15.3. The van der Waals surface area contributed by atoms with Crippen molar-refractivity contribution < 1.29 is 23.0 Å². The summed E-state index contributed by atoms with van der Waals surface area (Å²) >= 11 is 0. The van der Waals surface area contributed by atoms with Gasteiger partial charge in [0.1, 0.15) is 17.1 Å². The van der Waals surface area contributed by atoms with Gasteiger partial charge in [0.05, 0.1) is 5.92 Å². The fraction of sp³-hybridized carbons (Fsp3) is 0.786. The van der Waals surface area contributed by atoms with Crippen LogP contribution in [0.2, 0.25) is 0 Å². The Labute approximate surface area is 199 Å². The molecule has 0 amide bonds. The van der Waals surface area contributed by atoms with Crippen LogP contribution in [0.3, 0.4) is 0 Å². The van der Waals surface area contributed by atoms with E-state index in [0.29, 0.717) is 31.1 Å². The molecular weight excluding hydrogens is 425 g/mol. The van der Waals surface area contributed by atoms with E-state index >= 15 is 0 Å². The Morgan fingerprint density at radius 2 is 1.61 bits per heavy atom. The molecule has 0 aliphatic carbocycles. The summed E-state index contributed by atoms with van der Waals surface area (Å²) in [5.74, 6) is 1.05. The van der Waals surface area contributed by atoms with Crippen LogP contribution in [0.15, 0.2) is 6.07 Å². The Bertz CT molecular complexity index is 756. The molecular formula is C28H45F3O2. The number of alkyl halides is 3. The van der Waals surface area contributed by atoms with Crippen molar-refractivity contribution in [3.8, 4) is 11.5 Å². The van der Waals surface area contributed by atoms with Gasteiger partial charge in [-0.1, -0.05) is 52.9 Å². The molecule has 1 aromatic rings. The van der Waals surface area contributed by atoms with Crippen LogP contribution in [0, 0.1) is 31.6 Å². The van der Waals surface area contributed by atoms with Crippen molar-refractivity contribution >= 4 is 0 Å². The summed E-state index contributed by atoms with van der Waals surface area (Å²) in [5, 5.41) is 10.1. The Kier molecular flexibility index (Phi) is 9.99. The van der Waals surface area contributed by atoms with Crippen LogP contribution in [0.1, 0.15) is 109 Å². The van der Waals surface area contributed by atoms with Crippen LogP contribution in [0.25, 0.3) is 0 Å². The summed E-state index contributed by atoms with van der Waals surface area (Å²) in [6, 6.07) is 1.71. The molecule has 5 heteroatoms. The van der Waals surface area contributed by atoms with Gasteiger partial charge >= 0.3 is 6.18 Å². The normalized spacial score (nSPS) is 20.4. The maximum atomic E-state index is 13.7. The molecule has 0 spiro atoms. The van der Waals surface area contributed by atoms with E-state index in [2.05, 4.69) is 20.8 Å². The van der Waals surface area contributed by atoms with Gasteiger partial charge in [0, 0.05) is 5.56 Å². The number of phenols is 1. The number of ether oxygens (including phenoxy) is 1. The van der Waals surface area contributed by atoms with E-state index in [1.165, 1.54) is 12.8 Å². The van der Waals surface area contributed by atoms with E-state index in [0.717, 1.165) is 48.1 Å². The molecule has 1 N–H and O–H groups in total. The monoisotopic (exact) mass is 470 g/mol. The zero-order valence-corrected chi connectivity index (χ0v) is 21.6. The van der Waals surface area contributed by atoms with Crippen LogP contribution in [-0.2, 0) is 6.42 Å². The van der Waals surface area contributed by atoms with Gasteiger partial charge in [0.25, 0.3) is 0 Å². The van der Waals surface area contributed by atoms with Gasteiger partial charge in [-0.05, 0) is 88.3 Å². The summed E-state index contributed by atoms with van der Waals surface area (Å²) < 4.78 is 47.4. The second-order valence-electron chi connectivity index (χ2n) is 11.2. The number of aromatic hydroxyl groups is 1. The van der Waals surface area contributed by atoms with Gasteiger partial charge in [-0.3, -0.25) is 0 Å². The van der Waals surface area contributed by atoms with Crippen LogP contribution in [0.5, 0.6) is 11.5 Å². The Balaban J connectivity index is 1.85. The third-order valence-corrected chi connectivity index (χ3v) is 7.52. The fourth-order valence-electron chi connectivity index (χ4n) is 5.17. The number of hydrogen-bond donors (Lipinski definition) is 1. The molecule has 1 aromatic carbocycles. The summed E-state index contributed by atoms with van der Waals surface area (Å²) in [6.07, 6.45) is 3.95. The van der Waals surface area contributed by atoms with Gasteiger partial charge in [0.15, 0.2) is 0 Å². The zero-order chi connectivity index (χ0) is 24.8. The summed E-state index contributed by atoms with van der Waals surface area (Å²) in [5.41, 5.74) is 2.30. The number of hydrogen-bond acceptors (Lipinski definition) is 2. The third-order valence-electron chi connectivity index (χ3n) is 7.52. The maximum Gasteiger partial charge on any atom is 0.391 e. The summed E-state index contributed by atoms with van der Waals surface area (Å²) in [7, 11) is 0. The number of phenolic OH excluding ortho intramolecular Hbond substituents is 1. The van der Waals surface area contributed by atoms with E-state index in [9.17, 15) is 18.3 Å². The molecule has 1 aliphatic rings. The molecule has 1 aliphatic heterocycles. The van der Waals surface area contributed by atoms with Crippen LogP contribution >= 0.6 is 0 Å². The maximum absolute atomic E-state index is 13.7. The van der Waals surface area contributed by atoms with Crippen molar-refractivity contribution in [2.75, 3.05) is 0 Å². The topological polar surface area (TPSA) is 29.5 Å². The number of rotatable bonds is 12. The molecule has 0 saturated heterocycles. The lowest BCUT2D eigenvalue weighted by Gasteiger charge is -2.38. The van der Waals surface area contributed by atoms with Gasteiger partial charge < -0.3 is 9.84 Å². The van der Waals surface area contributed by atoms with Crippen molar-refractivity contribution in [1.29, 1.82) is 0 Å². The molecule has 0 radical (unpaired) electrons. The van der Waals surface area contributed by atoms with Gasteiger partial charge in [-0.25, -0.2) is 0 Å². The molecule has 2 rings (SSSR count). The number of halogens is 3. The molecule has 1 heterocycles. The van der Waals surface area contributed by atoms with E-state index < -0.39 is 17.7 Å². The standard InChI is InChI=1S/C28H45F3O2/c1-19(2)10-7-11-20(3)12-8-13-23(28(29,30)31)14-9-16-27(6)17-15-24-22(5)25(32)18-21(4)26(24)33-27/h18-20,23,32H,7-17H2,1-6H3.